The number of carbonyl (C=O) groups is 1. The molecule has 2 aromatic rings. The molecule has 25 heavy (non-hydrogen) atoms. The smallest absolute Gasteiger partial charge is 0.257 e. The molecular weight excluding hydrogens is 406 g/mol. The Hall–Kier alpha value is -1.72. The van der Waals surface area contributed by atoms with Gasteiger partial charge in [-0.3, -0.25) is 4.79 Å². The summed E-state index contributed by atoms with van der Waals surface area (Å²) in [4.78, 5) is 11.8. The average molecular weight is 427 g/mol. The zero-order valence-corrected chi connectivity index (χ0v) is 16.4. The number of benzene rings is 2. The van der Waals surface area contributed by atoms with Crippen molar-refractivity contribution in [1.82, 2.24) is 5.32 Å². The van der Waals surface area contributed by atoms with E-state index in [4.69, 9.17) is 21.1 Å². The fourth-order valence-electron chi connectivity index (χ4n) is 2.23. The molecule has 0 unspecified atom stereocenters. The standard InChI is InChI=1S/C19H21BrClNO3/c1-2-24-16-8-5-14(6-9-16)4-3-11-22-19(23)13-25-18-10-7-15(20)12-17(18)21/h5-10,12H,2-4,11,13H2,1H3,(H,22,23). The van der Waals surface area contributed by atoms with Crippen LogP contribution in [0, 0.1) is 0 Å². The van der Waals surface area contributed by atoms with Crippen molar-refractivity contribution in [3.8, 4) is 11.5 Å². The molecule has 0 spiro atoms. The highest BCUT2D eigenvalue weighted by Crippen LogP contribution is 2.27. The molecule has 0 saturated heterocycles. The highest BCUT2D eigenvalue weighted by atomic mass is 79.9. The van der Waals surface area contributed by atoms with Gasteiger partial charge >= 0.3 is 0 Å². The number of hydrogen-bond donors (Lipinski definition) is 1. The van der Waals surface area contributed by atoms with Gasteiger partial charge in [0, 0.05) is 11.0 Å². The highest BCUT2D eigenvalue weighted by molar-refractivity contribution is 9.10. The van der Waals surface area contributed by atoms with E-state index >= 15 is 0 Å². The zero-order valence-electron chi connectivity index (χ0n) is 14.1. The minimum Gasteiger partial charge on any atom is -0.494 e. The van der Waals surface area contributed by atoms with Gasteiger partial charge in [-0.1, -0.05) is 39.7 Å². The molecule has 1 N–H and O–H groups in total. The summed E-state index contributed by atoms with van der Waals surface area (Å²) in [5, 5.41) is 3.31. The monoisotopic (exact) mass is 425 g/mol. The van der Waals surface area contributed by atoms with E-state index in [-0.39, 0.29) is 12.5 Å². The lowest BCUT2D eigenvalue weighted by molar-refractivity contribution is -0.123. The van der Waals surface area contributed by atoms with E-state index in [0.717, 1.165) is 23.1 Å². The first kappa shape index (κ1) is 19.6. The number of carbonyl (C=O) groups excluding carboxylic acids is 1. The van der Waals surface area contributed by atoms with Crippen molar-refractivity contribution in [1.29, 1.82) is 0 Å². The molecule has 2 aromatic carbocycles. The Balaban J connectivity index is 1.65. The Bertz CT molecular complexity index is 692. The summed E-state index contributed by atoms with van der Waals surface area (Å²) in [6.45, 7) is 3.18. The summed E-state index contributed by atoms with van der Waals surface area (Å²) in [6, 6.07) is 13.3. The topological polar surface area (TPSA) is 47.6 Å². The molecule has 0 saturated carbocycles. The number of ether oxygens (including phenoxy) is 2. The molecule has 0 aromatic heterocycles. The largest absolute Gasteiger partial charge is 0.494 e. The van der Waals surface area contributed by atoms with E-state index in [2.05, 4.69) is 21.2 Å². The second kappa shape index (κ2) is 10.3. The van der Waals surface area contributed by atoms with Crippen LogP contribution in [0.3, 0.4) is 0 Å². The summed E-state index contributed by atoms with van der Waals surface area (Å²) in [5.74, 6) is 1.21. The van der Waals surface area contributed by atoms with Crippen molar-refractivity contribution in [3.63, 3.8) is 0 Å². The van der Waals surface area contributed by atoms with Crippen molar-refractivity contribution >= 4 is 33.4 Å². The molecule has 0 fully saturated rings. The molecular formula is C19H21BrClNO3. The quantitative estimate of drug-likeness (QED) is 0.595. The van der Waals surface area contributed by atoms with Crippen LogP contribution in [-0.2, 0) is 11.2 Å². The molecule has 0 aliphatic rings. The van der Waals surface area contributed by atoms with Crippen molar-refractivity contribution in [2.24, 2.45) is 0 Å². The molecule has 0 radical (unpaired) electrons. The van der Waals surface area contributed by atoms with Crippen LogP contribution in [0.2, 0.25) is 5.02 Å². The van der Waals surface area contributed by atoms with Crippen LogP contribution in [0.4, 0.5) is 0 Å². The van der Waals surface area contributed by atoms with E-state index in [1.54, 1.807) is 12.1 Å². The number of aryl methyl sites for hydroxylation is 1. The van der Waals surface area contributed by atoms with Crippen molar-refractivity contribution < 1.29 is 14.3 Å². The van der Waals surface area contributed by atoms with Gasteiger partial charge in [-0.2, -0.15) is 0 Å². The van der Waals surface area contributed by atoms with E-state index in [9.17, 15) is 4.79 Å². The number of amides is 1. The third kappa shape index (κ3) is 6.96. The minimum absolute atomic E-state index is 0.0512. The van der Waals surface area contributed by atoms with Crippen molar-refractivity contribution in [2.75, 3.05) is 19.8 Å². The van der Waals surface area contributed by atoms with Gasteiger partial charge in [0.05, 0.1) is 11.6 Å². The summed E-state index contributed by atoms with van der Waals surface area (Å²) in [7, 11) is 0. The first-order chi connectivity index (χ1) is 12.1. The molecule has 0 atom stereocenters. The Labute approximate surface area is 161 Å². The summed E-state index contributed by atoms with van der Waals surface area (Å²) in [5.41, 5.74) is 1.22. The maximum absolute atomic E-state index is 11.8. The van der Waals surface area contributed by atoms with E-state index < -0.39 is 0 Å². The van der Waals surface area contributed by atoms with Crippen molar-refractivity contribution in [2.45, 2.75) is 19.8 Å². The molecule has 0 aliphatic carbocycles. The van der Waals surface area contributed by atoms with Gasteiger partial charge < -0.3 is 14.8 Å². The van der Waals surface area contributed by atoms with Gasteiger partial charge in [0.2, 0.25) is 0 Å². The molecule has 4 nitrogen and oxygen atoms in total. The normalized spacial score (nSPS) is 10.4. The first-order valence-corrected chi connectivity index (χ1v) is 9.32. The second-order valence-electron chi connectivity index (χ2n) is 5.39. The van der Waals surface area contributed by atoms with Crippen LogP contribution in [-0.4, -0.2) is 25.7 Å². The fraction of sp³-hybridized carbons (Fsp3) is 0.316. The van der Waals surface area contributed by atoms with Crippen LogP contribution >= 0.6 is 27.5 Å². The van der Waals surface area contributed by atoms with Crippen LogP contribution in [0.5, 0.6) is 11.5 Å². The van der Waals surface area contributed by atoms with E-state index in [1.807, 2.05) is 37.3 Å². The molecule has 2 rings (SSSR count). The lowest BCUT2D eigenvalue weighted by atomic mass is 10.1. The van der Waals surface area contributed by atoms with Gasteiger partial charge in [0.1, 0.15) is 11.5 Å². The van der Waals surface area contributed by atoms with Gasteiger partial charge in [-0.05, 0) is 55.7 Å². The average Bonchev–Trinajstić information content (AvgIpc) is 2.59. The second-order valence-corrected chi connectivity index (χ2v) is 6.72. The number of halogens is 2. The van der Waals surface area contributed by atoms with Crippen LogP contribution < -0.4 is 14.8 Å². The van der Waals surface area contributed by atoms with Crippen LogP contribution in [0.1, 0.15) is 18.9 Å². The molecule has 6 heteroatoms. The lowest BCUT2D eigenvalue weighted by Gasteiger charge is -2.09. The Morgan fingerprint density at radius 1 is 1.16 bits per heavy atom. The third-order valence-electron chi connectivity index (χ3n) is 3.45. The fourth-order valence-corrected chi connectivity index (χ4v) is 2.95. The molecule has 0 bridgehead atoms. The van der Waals surface area contributed by atoms with E-state index in [0.29, 0.717) is 23.9 Å². The van der Waals surface area contributed by atoms with Gasteiger partial charge in [-0.25, -0.2) is 0 Å². The van der Waals surface area contributed by atoms with Crippen LogP contribution in [0.15, 0.2) is 46.9 Å². The highest BCUT2D eigenvalue weighted by Gasteiger charge is 2.06. The Morgan fingerprint density at radius 2 is 1.92 bits per heavy atom. The van der Waals surface area contributed by atoms with E-state index in [1.165, 1.54) is 5.56 Å². The molecule has 0 aliphatic heterocycles. The number of rotatable bonds is 9. The predicted molar refractivity (Wildman–Crippen MR) is 104 cm³/mol. The molecule has 1 amide bonds. The zero-order chi connectivity index (χ0) is 18.1. The molecule has 134 valence electrons. The van der Waals surface area contributed by atoms with Gasteiger partial charge in [0.25, 0.3) is 5.91 Å². The SMILES string of the molecule is CCOc1ccc(CCCNC(=O)COc2ccc(Br)cc2Cl)cc1. The first-order valence-electron chi connectivity index (χ1n) is 8.14. The summed E-state index contributed by atoms with van der Waals surface area (Å²) in [6.07, 6.45) is 1.75. The Kier molecular flexibility index (Phi) is 8.09. The maximum Gasteiger partial charge on any atom is 0.257 e. The lowest BCUT2D eigenvalue weighted by Crippen LogP contribution is -2.29. The number of nitrogens with one attached hydrogen (secondary N) is 1. The maximum atomic E-state index is 11.8. The van der Waals surface area contributed by atoms with Gasteiger partial charge in [0.15, 0.2) is 6.61 Å². The third-order valence-corrected chi connectivity index (χ3v) is 4.24. The van der Waals surface area contributed by atoms with Crippen LogP contribution in [0.25, 0.3) is 0 Å². The summed E-state index contributed by atoms with van der Waals surface area (Å²) < 4.78 is 11.7. The van der Waals surface area contributed by atoms with Crippen molar-refractivity contribution in [3.05, 3.63) is 57.5 Å². The predicted octanol–water partition coefficient (Wildman–Crippen LogP) is 4.63. The van der Waals surface area contributed by atoms with Gasteiger partial charge in [-0.15, -0.1) is 0 Å². The number of hydrogen-bond acceptors (Lipinski definition) is 3. The minimum atomic E-state index is -0.161. The Morgan fingerprint density at radius 3 is 2.60 bits per heavy atom. The summed E-state index contributed by atoms with van der Waals surface area (Å²) >= 11 is 9.37. The molecule has 0 heterocycles.